The third kappa shape index (κ3) is 2.60. The molecule has 1 rings (SSSR count). The number of pyridine rings is 1. The molecule has 0 atom stereocenters. The second kappa shape index (κ2) is 3.99. The van der Waals surface area contributed by atoms with E-state index in [2.05, 4.69) is 11.1 Å². The Labute approximate surface area is 70.3 Å². The van der Waals surface area contributed by atoms with Crippen LogP contribution in [0.5, 0.6) is 0 Å². The predicted molar refractivity (Wildman–Crippen MR) is 45.3 cm³/mol. The maximum atomic E-state index is 8.30. The number of nitriles is 1. The number of aryl methyl sites for hydroxylation is 1. The topological polar surface area (TPSA) is 36.7 Å². The van der Waals surface area contributed by atoms with Crippen LogP contribution in [0.15, 0.2) is 23.2 Å². The fraction of sp³-hybridized carbons (Fsp3) is 0.250. The van der Waals surface area contributed by atoms with Gasteiger partial charge in [-0.25, -0.2) is 4.98 Å². The van der Waals surface area contributed by atoms with Crippen LogP contribution in [0.1, 0.15) is 5.69 Å². The summed E-state index contributed by atoms with van der Waals surface area (Å²) in [7, 11) is 0. The first-order valence-corrected chi connectivity index (χ1v) is 4.25. The van der Waals surface area contributed by atoms with Gasteiger partial charge in [0.05, 0.1) is 16.8 Å². The Morgan fingerprint density at radius 1 is 1.64 bits per heavy atom. The lowest BCUT2D eigenvalue weighted by molar-refractivity contribution is 1.07. The quantitative estimate of drug-likeness (QED) is 0.627. The molecule has 56 valence electrons. The standard InChI is InChI=1S/C8H8N2S/c1-7-3-2-4-8(10-7)11-6-5-9/h2-4H,6H2,1H3. The minimum Gasteiger partial charge on any atom is -0.247 e. The third-order valence-electron chi connectivity index (χ3n) is 1.15. The normalized spacial score (nSPS) is 9.09. The average Bonchev–Trinajstić information content (AvgIpc) is 2.01. The summed E-state index contributed by atoms with van der Waals surface area (Å²) < 4.78 is 0. The van der Waals surface area contributed by atoms with Crippen molar-refractivity contribution >= 4 is 11.8 Å². The van der Waals surface area contributed by atoms with E-state index in [1.54, 1.807) is 0 Å². The van der Waals surface area contributed by atoms with E-state index in [4.69, 9.17) is 5.26 Å². The zero-order valence-corrected chi connectivity index (χ0v) is 7.06. The zero-order chi connectivity index (χ0) is 8.10. The minimum absolute atomic E-state index is 0.469. The lowest BCUT2D eigenvalue weighted by Crippen LogP contribution is -1.83. The monoisotopic (exact) mass is 164 g/mol. The molecular weight excluding hydrogens is 156 g/mol. The Bertz CT molecular complexity index is 278. The van der Waals surface area contributed by atoms with E-state index in [0.29, 0.717) is 5.75 Å². The molecule has 0 saturated heterocycles. The van der Waals surface area contributed by atoms with Crippen molar-refractivity contribution in [2.75, 3.05) is 5.75 Å². The molecule has 0 radical (unpaired) electrons. The molecule has 1 aromatic rings. The SMILES string of the molecule is Cc1cccc(SCC#N)n1. The summed E-state index contributed by atoms with van der Waals surface area (Å²) in [4.78, 5) is 4.22. The summed E-state index contributed by atoms with van der Waals surface area (Å²) in [6.45, 7) is 1.94. The van der Waals surface area contributed by atoms with Crippen LogP contribution >= 0.6 is 11.8 Å². The molecule has 0 bridgehead atoms. The molecule has 2 nitrogen and oxygen atoms in total. The highest BCUT2D eigenvalue weighted by Crippen LogP contribution is 2.13. The fourth-order valence-corrected chi connectivity index (χ4v) is 1.30. The van der Waals surface area contributed by atoms with E-state index < -0.39 is 0 Å². The molecule has 1 heterocycles. The first-order valence-electron chi connectivity index (χ1n) is 3.26. The van der Waals surface area contributed by atoms with Crippen LogP contribution in [0, 0.1) is 18.3 Å². The van der Waals surface area contributed by atoms with Crippen molar-refractivity contribution in [2.24, 2.45) is 0 Å². The van der Waals surface area contributed by atoms with Gasteiger partial charge in [0, 0.05) is 5.69 Å². The zero-order valence-electron chi connectivity index (χ0n) is 6.24. The van der Waals surface area contributed by atoms with Crippen LogP contribution in [0.25, 0.3) is 0 Å². The van der Waals surface area contributed by atoms with E-state index in [0.717, 1.165) is 10.7 Å². The summed E-state index contributed by atoms with van der Waals surface area (Å²) in [6.07, 6.45) is 0. The van der Waals surface area contributed by atoms with Gasteiger partial charge in [-0.05, 0) is 19.1 Å². The van der Waals surface area contributed by atoms with Gasteiger partial charge in [0.15, 0.2) is 0 Å². The van der Waals surface area contributed by atoms with Gasteiger partial charge in [-0.15, -0.1) is 0 Å². The highest BCUT2D eigenvalue weighted by atomic mass is 32.2. The van der Waals surface area contributed by atoms with E-state index in [-0.39, 0.29) is 0 Å². The Morgan fingerprint density at radius 3 is 3.09 bits per heavy atom. The Balaban J connectivity index is 2.65. The van der Waals surface area contributed by atoms with Crippen molar-refractivity contribution in [2.45, 2.75) is 11.9 Å². The van der Waals surface area contributed by atoms with Gasteiger partial charge < -0.3 is 0 Å². The molecule has 0 aliphatic rings. The molecule has 11 heavy (non-hydrogen) atoms. The van der Waals surface area contributed by atoms with Gasteiger partial charge in [0.25, 0.3) is 0 Å². The van der Waals surface area contributed by atoms with Crippen LogP contribution < -0.4 is 0 Å². The molecule has 0 fully saturated rings. The second-order valence-electron chi connectivity index (χ2n) is 2.06. The molecule has 0 amide bonds. The smallest absolute Gasteiger partial charge is 0.0973 e. The lowest BCUT2D eigenvalue weighted by Gasteiger charge is -1.95. The number of nitrogens with zero attached hydrogens (tertiary/aromatic N) is 2. The van der Waals surface area contributed by atoms with Crippen molar-refractivity contribution in [3.63, 3.8) is 0 Å². The summed E-state index contributed by atoms with van der Waals surface area (Å²) in [5, 5.41) is 9.22. The minimum atomic E-state index is 0.469. The van der Waals surface area contributed by atoms with Crippen molar-refractivity contribution < 1.29 is 0 Å². The number of hydrogen-bond acceptors (Lipinski definition) is 3. The van der Waals surface area contributed by atoms with Gasteiger partial charge in [-0.2, -0.15) is 5.26 Å². The van der Waals surface area contributed by atoms with Gasteiger partial charge in [-0.1, -0.05) is 17.8 Å². The fourth-order valence-electron chi connectivity index (χ4n) is 0.705. The molecular formula is C8H8N2S. The van der Waals surface area contributed by atoms with E-state index in [9.17, 15) is 0 Å². The second-order valence-corrected chi connectivity index (χ2v) is 3.06. The first-order chi connectivity index (χ1) is 5.33. The molecule has 0 aromatic carbocycles. The van der Waals surface area contributed by atoms with Crippen LogP contribution in [0.3, 0.4) is 0 Å². The van der Waals surface area contributed by atoms with Crippen LogP contribution in [-0.4, -0.2) is 10.7 Å². The van der Waals surface area contributed by atoms with Gasteiger partial charge in [-0.3, -0.25) is 0 Å². The molecule has 3 heteroatoms. The Kier molecular flexibility index (Phi) is 2.94. The van der Waals surface area contributed by atoms with Crippen LogP contribution in [-0.2, 0) is 0 Å². The maximum Gasteiger partial charge on any atom is 0.0973 e. The molecule has 0 aliphatic carbocycles. The number of rotatable bonds is 2. The third-order valence-corrected chi connectivity index (χ3v) is 1.94. The molecule has 0 N–H and O–H groups in total. The highest BCUT2D eigenvalue weighted by molar-refractivity contribution is 7.99. The Morgan fingerprint density at radius 2 is 2.45 bits per heavy atom. The average molecular weight is 164 g/mol. The van der Waals surface area contributed by atoms with Crippen molar-refractivity contribution in [1.82, 2.24) is 4.98 Å². The van der Waals surface area contributed by atoms with Gasteiger partial charge in [0.1, 0.15) is 0 Å². The van der Waals surface area contributed by atoms with Crippen molar-refractivity contribution in [3.05, 3.63) is 23.9 Å². The van der Waals surface area contributed by atoms with E-state index >= 15 is 0 Å². The van der Waals surface area contributed by atoms with E-state index in [1.165, 1.54) is 11.8 Å². The van der Waals surface area contributed by atoms with Crippen LogP contribution in [0.2, 0.25) is 0 Å². The summed E-state index contributed by atoms with van der Waals surface area (Å²) in [5.41, 5.74) is 0.993. The van der Waals surface area contributed by atoms with Gasteiger partial charge in [0.2, 0.25) is 0 Å². The molecule has 0 aliphatic heterocycles. The summed E-state index contributed by atoms with van der Waals surface area (Å²) in [6, 6.07) is 7.86. The van der Waals surface area contributed by atoms with Crippen molar-refractivity contribution in [3.8, 4) is 6.07 Å². The molecule has 0 spiro atoms. The molecule has 1 aromatic heterocycles. The van der Waals surface area contributed by atoms with Crippen LogP contribution in [0.4, 0.5) is 0 Å². The summed E-state index contributed by atoms with van der Waals surface area (Å²) in [5.74, 6) is 0.469. The summed E-state index contributed by atoms with van der Waals surface area (Å²) >= 11 is 1.46. The molecule has 0 unspecified atom stereocenters. The van der Waals surface area contributed by atoms with Crippen molar-refractivity contribution in [1.29, 1.82) is 5.26 Å². The van der Waals surface area contributed by atoms with Gasteiger partial charge >= 0.3 is 0 Å². The van der Waals surface area contributed by atoms with E-state index in [1.807, 2.05) is 25.1 Å². The lowest BCUT2D eigenvalue weighted by atomic mass is 10.4. The Hall–Kier alpha value is -1.01. The highest BCUT2D eigenvalue weighted by Gasteiger charge is 1.93. The largest absolute Gasteiger partial charge is 0.247 e. The predicted octanol–water partition coefficient (Wildman–Crippen LogP) is 2.01. The molecule has 0 saturated carbocycles. The first kappa shape index (κ1) is 8.09. The number of hydrogen-bond donors (Lipinski definition) is 0. The number of aromatic nitrogens is 1. The number of thioether (sulfide) groups is 1. The maximum absolute atomic E-state index is 8.30.